The number of piperidine rings is 1. The Labute approximate surface area is 251 Å². The number of rotatable bonds is 10. The molecule has 1 heterocycles. The zero-order valence-electron chi connectivity index (χ0n) is 25.5. The van der Waals surface area contributed by atoms with Gasteiger partial charge in [0.25, 0.3) is 0 Å². The maximum atomic E-state index is 13.4. The number of ether oxygens (including phenoxy) is 4. The monoisotopic (exact) mass is 595 g/mol. The van der Waals surface area contributed by atoms with Crippen LogP contribution in [-0.2, 0) is 25.5 Å². The summed E-state index contributed by atoms with van der Waals surface area (Å²) in [5.41, 5.74) is 3.33. The maximum absolute atomic E-state index is 13.4. The first-order chi connectivity index (χ1) is 20.7. The third-order valence-electron chi connectivity index (χ3n) is 8.18. The Kier molecular flexibility index (Phi) is 10.5. The van der Waals surface area contributed by atoms with Gasteiger partial charge < -0.3 is 34.5 Å². The maximum Gasteiger partial charge on any atom is 0.308 e. The molecule has 1 fully saturated rings. The molecule has 0 saturated carbocycles. The Morgan fingerprint density at radius 3 is 2.30 bits per heavy atom. The molecule has 2 aliphatic rings. The van der Waals surface area contributed by atoms with Crippen molar-refractivity contribution in [3.05, 3.63) is 45.6 Å². The van der Waals surface area contributed by atoms with Crippen molar-refractivity contribution in [3.8, 4) is 28.4 Å². The molecule has 43 heavy (non-hydrogen) atoms. The quantitative estimate of drug-likeness (QED) is 0.313. The van der Waals surface area contributed by atoms with E-state index >= 15 is 0 Å². The average Bonchev–Trinajstić information content (AvgIpc) is 3.25. The standard InChI is InChI=1S/C32H41N3O8/c1-19(36)34-24-10-8-21-17-27(40-2)30(41-3)31(42-4)29(21)22-9-11-25(26(37)18-23(22)24)33-14-6-7-28(38)35-15-12-20(13-16-35)32(39)43-5/h9,11,17-18,20,24H,6-8,10,12-16H2,1-5H3,(H,33,37)(H,34,36)/t24-/m1/s1. The third-order valence-corrected chi connectivity index (χ3v) is 8.18. The number of esters is 1. The highest BCUT2D eigenvalue weighted by Gasteiger charge is 2.30. The lowest BCUT2D eigenvalue weighted by atomic mass is 9.95. The Hall–Kier alpha value is -4.28. The van der Waals surface area contributed by atoms with E-state index in [-0.39, 0.29) is 29.1 Å². The molecule has 0 radical (unpaired) electrons. The van der Waals surface area contributed by atoms with E-state index in [2.05, 4.69) is 10.6 Å². The number of carbonyl (C=O) groups is 3. The number of methoxy groups -OCH3 is 4. The van der Waals surface area contributed by atoms with E-state index in [4.69, 9.17) is 18.9 Å². The summed E-state index contributed by atoms with van der Waals surface area (Å²) in [6.07, 6.45) is 3.26. The fourth-order valence-electron chi connectivity index (χ4n) is 6.01. The minimum atomic E-state index is -0.393. The van der Waals surface area contributed by atoms with E-state index in [1.807, 2.05) is 12.1 Å². The first-order valence-corrected chi connectivity index (χ1v) is 14.6. The summed E-state index contributed by atoms with van der Waals surface area (Å²) >= 11 is 0. The second kappa shape index (κ2) is 14.3. The molecule has 232 valence electrons. The fourth-order valence-corrected chi connectivity index (χ4v) is 6.01. The van der Waals surface area contributed by atoms with Gasteiger partial charge in [-0.1, -0.05) is 6.07 Å². The van der Waals surface area contributed by atoms with Gasteiger partial charge in [0.1, 0.15) is 0 Å². The second-order valence-corrected chi connectivity index (χ2v) is 10.8. The molecule has 2 aromatic rings. The van der Waals surface area contributed by atoms with Crippen LogP contribution >= 0.6 is 0 Å². The second-order valence-electron chi connectivity index (χ2n) is 10.8. The molecular formula is C32H41N3O8. The molecule has 0 bridgehead atoms. The van der Waals surface area contributed by atoms with Crippen LogP contribution in [0.5, 0.6) is 17.2 Å². The van der Waals surface area contributed by atoms with Crippen LogP contribution in [0.2, 0.25) is 0 Å². The Bertz CT molecular complexity index is 1420. The van der Waals surface area contributed by atoms with Crippen LogP contribution in [0.1, 0.15) is 56.2 Å². The molecule has 1 atom stereocenters. The van der Waals surface area contributed by atoms with Crippen LogP contribution in [0, 0.1) is 5.92 Å². The Morgan fingerprint density at radius 1 is 0.953 bits per heavy atom. The van der Waals surface area contributed by atoms with Crippen LogP contribution in [0.15, 0.2) is 29.1 Å². The highest BCUT2D eigenvalue weighted by Crippen LogP contribution is 2.50. The molecule has 0 aromatic heterocycles. The largest absolute Gasteiger partial charge is 0.493 e. The van der Waals surface area contributed by atoms with Crippen molar-refractivity contribution in [1.82, 2.24) is 10.2 Å². The summed E-state index contributed by atoms with van der Waals surface area (Å²) in [5.74, 6) is 0.933. The molecule has 11 heteroatoms. The molecule has 2 aromatic carbocycles. The Morgan fingerprint density at radius 2 is 1.67 bits per heavy atom. The van der Waals surface area contributed by atoms with Gasteiger partial charge in [0.05, 0.1) is 46.1 Å². The molecule has 2 N–H and O–H groups in total. The Balaban J connectivity index is 1.56. The van der Waals surface area contributed by atoms with Crippen LogP contribution in [0.25, 0.3) is 11.1 Å². The highest BCUT2D eigenvalue weighted by molar-refractivity contribution is 5.84. The van der Waals surface area contributed by atoms with Crippen LogP contribution < -0.4 is 30.3 Å². The van der Waals surface area contributed by atoms with Crippen molar-refractivity contribution >= 4 is 23.5 Å². The summed E-state index contributed by atoms with van der Waals surface area (Å²) in [7, 11) is 6.05. The van der Waals surface area contributed by atoms with Crippen LogP contribution in [0.3, 0.4) is 0 Å². The summed E-state index contributed by atoms with van der Waals surface area (Å²) in [6, 6.07) is 6.69. The van der Waals surface area contributed by atoms with Crippen molar-refractivity contribution in [2.45, 2.75) is 51.5 Å². The number of amides is 2. The first kappa shape index (κ1) is 31.7. The summed E-state index contributed by atoms with van der Waals surface area (Å²) in [4.78, 5) is 51.9. The normalized spacial score (nSPS) is 16.2. The third kappa shape index (κ3) is 7.03. The van der Waals surface area contributed by atoms with Gasteiger partial charge in [-0.2, -0.15) is 0 Å². The van der Waals surface area contributed by atoms with Gasteiger partial charge in [-0.05, 0) is 67.0 Å². The van der Waals surface area contributed by atoms with Gasteiger partial charge in [-0.15, -0.1) is 0 Å². The lowest BCUT2D eigenvalue weighted by Gasteiger charge is -2.30. The van der Waals surface area contributed by atoms with Gasteiger partial charge in [0.15, 0.2) is 11.5 Å². The van der Waals surface area contributed by atoms with Gasteiger partial charge in [-0.3, -0.25) is 19.2 Å². The molecule has 4 rings (SSSR count). The number of nitrogens with one attached hydrogen (secondary N) is 2. The van der Waals surface area contributed by atoms with Crippen molar-refractivity contribution in [3.63, 3.8) is 0 Å². The van der Waals surface area contributed by atoms with E-state index in [0.29, 0.717) is 86.7 Å². The van der Waals surface area contributed by atoms with Crippen molar-refractivity contribution in [2.24, 2.45) is 5.92 Å². The number of nitrogens with zero attached hydrogens (tertiary/aromatic N) is 1. The van der Waals surface area contributed by atoms with Gasteiger partial charge in [0, 0.05) is 38.5 Å². The molecule has 1 aliphatic carbocycles. The summed E-state index contributed by atoms with van der Waals surface area (Å²) < 4.78 is 21.9. The fraction of sp³-hybridized carbons (Fsp3) is 0.500. The molecular weight excluding hydrogens is 554 g/mol. The zero-order valence-corrected chi connectivity index (χ0v) is 25.5. The number of hydrogen-bond acceptors (Lipinski definition) is 9. The van der Waals surface area contributed by atoms with E-state index in [9.17, 15) is 19.2 Å². The van der Waals surface area contributed by atoms with Crippen molar-refractivity contribution in [2.75, 3.05) is 53.4 Å². The molecule has 0 spiro atoms. The molecule has 1 saturated heterocycles. The van der Waals surface area contributed by atoms with E-state index < -0.39 is 6.04 Å². The van der Waals surface area contributed by atoms with Gasteiger partial charge in [-0.25, -0.2) is 0 Å². The smallest absolute Gasteiger partial charge is 0.308 e. The molecule has 11 nitrogen and oxygen atoms in total. The van der Waals surface area contributed by atoms with E-state index in [1.165, 1.54) is 14.0 Å². The minimum absolute atomic E-state index is 0.0315. The molecule has 2 amide bonds. The number of aryl methyl sites for hydroxylation is 1. The number of anilines is 1. The number of carbonyl (C=O) groups excluding carboxylic acids is 3. The summed E-state index contributed by atoms with van der Waals surface area (Å²) in [5, 5.41) is 6.21. The number of fused-ring (bicyclic) bond motifs is 3. The molecule has 0 unspecified atom stereocenters. The van der Waals surface area contributed by atoms with Crippen LogP contribution in [-0.4, -0.2) is 70.8 Å². The summed E-state index contributed by atoms with van der Waals surface area (Å²) in [6.45, 7) is 2.96. The van der Waals surface area contributed by atoms with Gasteiger partial charge in [0.2, 0.25) is 23.0 Å². The minimum Gasteiger partial charge on any atom is -0.493 e. The topological polar surface area (TPSA) is 132 Å². The lowest BCUT2D eigenvalue weighted by molar-refractivity contribution is -0.148. The SMILES string of the molecule is COC(=O)C1CCN(C(=O)CCCNc2ccc3c(cc2=O)[C@H](NC(C)=O)CCc2cc(OC)c(OC)c(OC)c2-3)CC1. The van der Waals surface area contributed by atoms with Crippen molar-refractivity contribution in [1.29, 1.82) is 0 Å². The highest BCUT2D eigenvalue weighted by atomic mass is 16.5. The number of hydrogen-bond donors (Lipinski definition) is 2. The van der Waals surface area contributed by atoms with E-state index in [0.717, 1.165) is 16.7 Å². The predicted octanol–water partition coefficient (Wildman–Crippen LogP) is 3.47. The lowest BCUT2D eigenvalue weighted by Crippen LogP contribution is -2.40. The van der Waals surface area contributed by atoms with Crippen LogP contribution in [0.4, 0.5) is 5.69 Å². The molecule has 1 aliphatic heterocycles. The zero-order chi connectivity index (χ0) is 31.1. The average molecular weight is 596 g/mol. The first-order valence-electron chi connectivity index (χ1n) is 14.6. The van der Waals surface area contributed by atoms with E-state index in [1.54, 1.807) is 38.4 Å². The predicted molar refractivity (Wildman–Crippen MR) is 162 cm³/mol. The van der Waals surface area contributed by atoms with Gasteiger partial charge >= 0.3 is 5.97 Å². The van der Waals surface area contributed by atoms with Crippen molar-refractivity contribution < 1.29 is 33.3 Å². The number of benzene rings is 1. The number of likely N-dealkylation sites (tertiary alicyclic amines) is 1.